The maximum Gasteiger partial charge on any atom is 0.260 e. The minimum atomic E-state index is -0.649. The smallest absolute Gasteiger partial charge is 0.260 e. The third-order valence-electron chi connectivity index (χ3n) is 4.76. The normalized spacial score (nSPS) is 15.8. The van der Waals surface area contributed by atoms with Crippen molar-refractivity contribution in [2.75, 3.05) is 13.7 Å². The van der Waals surface area contributed by atoms with Crippen molar-refractivity contribution in [2.45, 2.75) is 25.3 Å². The zero-order valence-electron chi connectivity index (χ0n) is 14.6. The number of carbonyl (C=O) groups is 2. The van der Waals surface area contributed by atoms with Crippen molar-refractivity contribution in [3.8, 4) is 5.75 Å². The van der Waals surface area contributed by atoms with E-state index in [1.165, 1.54) is 17.2 Å². The van der Waals surface area contributed by atoms with Crippen molar-refractivity contribution >= 4 is 23.4 Å². The molecule has 0 bridgehead atoms. The quantitative estimate of drug-likeness (QED) is 0.874. The molecule has 136 valence electrons. The second-order valence-electron chi connectivity index (χ2n) is 6.40. The molecule has 1 aliphatic rings. The summed E-state index contributed by atoms with van der Waals surface area (Å²) in [6.07, 6.45) is 3.01. The Morgan fingerprint density at radius 2 is 2.04 bits per heavy atom. The molecule has 0 fully saturated rings. The zero-order valence-corrected chi connectivity index (χ0v) is 15.3. The minimum absolute atomic E-state index is 0.0388. The molecule has 2 aromatic rings. The van der Waals surface area contributed by atoms with Gasteiger partial charge in [-0.2, -0.15) is 0 Å². The van der Waals surface area contributed by atoms with Crippen LogP contribution in [0.25, 0.3) is 0 Å². The Morgan fingerprint density at radius 3 is 2.81 bits per heavy atom. The predicted octanol–water partition coefficient (Wildman–Crippen LogP) is 3.35. The molecular weight excluding hydrogens is 352 g/mol. The molecule has 1 atom stereocenters. The first-order chi connectivity index (χ1) is 12.5. The summed E-state index contributed by atoms with van der Waals surface area (Å²) in [5.74, 6) is -0.547. The molecule has 2 aromatic carbocycles. The first-order valence-corrected chi connectivity index (χ1v) is 8.91. The number of hydrogen-bond acceptors (Lipinski definition) is 3. The first-order valence-electron chi connectivity index (χ1n) is 8.53. The van der Waals surface area contributed by atoms with Crippen LogP contribution in [0.3, 0.4) is 0 Å². The van der Waals surface area contributed by atoms with E-state index in [1.54, 1.807) is 24.1 Å². The molecule has 0 saturated heterocycles. The summed E-state index contributed by atoms with van der Waals surface area (Å²) in [6.45, 7) is -0.170. The number of rotatable bonds is 5. The fourth-order valence-electron chi connectivity index (χ4n) is 3.37. The Balaban J connectivity index is 1.71. The number of nitrogens with two attached hydrogens (primary N) is 1. The number of aryl methyl sites for hydroxylation is 1. The van der Waals surface area contributed by atoms with Gasteiger partial charge >= 0.3 is 0 Å². The van der Waals surface area contributed by atoms with E-state index in [2.05, 4.69) is 12.1 Å². The van der Waals surface area contributed by atoms with Crippen molar-refractivity contribution in [3.63, 3.8) is 0 Å². The fourth-order valence-corrected chi connectivity index (χ4v) is 3.54. The zero-order chi connectivity index (χ0) is 18.7. The number of ether oxygens (including phenoxy) is 1. The molecule has 2 amide bonds. The van der Waals surface area contributed by atoms with Crippen molar-refractivity contribution in [1.82, 2.24) is 4.90 Å². The number of carbonyl (C=O) groups excluding carboxylic acids is 2. The lowest BCUT2D eigenvalue weighted by atomic mass is 9.87. The summed E-state index contributed by atoms with van der Waals surface area (Å²) in [7, 11) is 1.79. The second-order valence-corrected chi connectivity index (χ2v) is 6.84. The molecule has 0 saturated carbocycles. The van der Waals surface area contributed by atoms with Crippen molar-refractivity contribution in [1.29, 1.82) is 0 Å². The molecule has 0 aromatic heterocycles. The number of primary amides is 1. The van der Waals surface area contributed by atoms with E-state index in [0.29, 0.717) is 5.02 Å². The van der Waals surface area contributed by atoms with Gasteiger partial charge in [0.1, 0.15) is 5.75 Å². The van der Waals surface area contributed by atoms with Gasteiger partial charge in [-0.1, -0.05) is 35.9 Å². The molecule has 3 rings (SSSR count). The summed E-state index contributed by atoms with van der Waals surface area (Å²) in [5.41, 5.74) is 7.99. The molecule has 6 heteroatoms. The van der Waals surface area contributed by atoms with Crippen molar-refractivity contribution < 1.29 is 14.3 Å². The molecule has 2 N–H and O–H groups in total. The van der Waals surface area contributed by atoms with Crippen molar-refractivity contribution in [3.05, 3.63) is 64.2 Å². The van der Waals surface area contributed by atoms with E-state index in [1.807, 2.05) is 12.1 Å². The number of amides is 2. The SMILES string of the molecule is CN(C(=O)COc1ccc(Cl)cc1C(N)=O)[C@H]1CCCc2ccccc21. The summed E-state index contributed by atoms with van der Waals surface area (Å²) in [4.78, 5) is 25.9. The summed E-state index contributed by atoms with van der Waals surface area (Å²) < 4.78 is 5.56. The topological polar surface area (TPSA) is 72.6 Å². The Morgan fingerprint density at radius 1 is 1.27 bits per heavy atom. The third kappa shape index (κ3) is 3.83. The number of nitrogens with zero attached hydrogens (tertiary/aromatic N) is 1. The first kappa shape index (κ1) is 18.3. The molecule has 0 unspecified atom stereocenters. The molecule has 26 heavy (non-hydrogen) atoms. The van der Waals surface area contributed by atoms with Gasteiger partial charge in [0.25, 0.3) is 11.8 Å². The van der Waals surface area contributed by atoms with E-state index in [4.69, 9.17) is 22.1 Å². The van der Waals surface area contributed by atoms with Gasteiger partial charge in [0.2, 0.25) is 0 Å². The van der Waals surface area contributed by atoms with Gasteiger partial charge in [-0.05, 0) is 48.6 Å². The van der Waals surface area contributed by atoms with Crippen LogP contribution in [-0.4, -0.2) is 30.4 Å². The standard InChI is InChI=1S/C20H21ClN2O3/c1-23(17-8-4-6-13-5-2-3-7-15(13)17)19(24)12-26-18-10-9-14(21)11-16(18)20(22)25/h2-3,5,7,9-11,17H,4,6,8,12H2,1H3,(H2,22,25)/t17-/m0/s1. The van der Waals surface area contributed by atoms with E-state index < -0.39 is 5.91 Å². The second kappa shape index (κ2) is 7.79. The van der Waals surface area contributed by atoms with Crippen LogP contribution in [0, 0.1) is 0 Å². The Bertz CT molecular complexity index is 838. The van der Waals surface area contributed by atoms with Gasteiger partial charge in [-0.15, -0.1) is 0 Å². The Labute approximate surface area is 157 Å². The molecule has 0 spiro atoms. The summed E-state index contributed by atoms with van der Waals surface area (Å²) in [5, 5.41) is 0.383. The molecule has 5 nitrogen and oxygen atoms in total. The lowest BCUT2D eigenvalue weighted by Gasteiger charge is -2.33. The van der Waals surface area contributed by atoms with Crippen LogP contribution in [0.2, 0.25) is 5.02 Å². The number of fused-ring (bicyclic) bond motifs is 1. The van der Waals surface area contributed by atoms with E-state index >= 15 is 0 Å². The molecule has 0 heterocycles. The van der Waals surface area contributed by atoms with Gasteiger partial charge < -0.3 is 15.4 Å². The van der Waals surface area contributed by atoms with Crippen LogP contribution in [0.5, 0.6) is 5.75 Å². The minimum Gasteiger partial charge on any atom is -0.483 e. The van der Waals surface area contributed by atoms with Gasteiger partial charge in [-0.25, -0.2) is 0 Å². The lowest BCUT2D eigenvalue weighted by Crippen LogP contribution is -2.36. The predicted molar refractivity (Wildman–Crippen MR) is 100 cm³/mol. The van der Waals surface area contributed by atoms with Crippen LogP contribution in [0.15, 0.2) is 42.5 Å². The van der Waals surface area contributed by atoms with Crippen molar-refractivity contribution in [2.24, 2.45) is 5.73 Å². The average Bonchev–Trinajstić information content (AvgIpc) is 2.65. The Kier molecular flexibility index (Phi) is 5.47. The molecular formula is C20H21ClN2O3. The average molecular weight is 373 g/mol. The molecule has 0 radical (unpaired) electrons. The number of benzene rings is 2. The fraction of sp³-hybridized carbons (Fsp3) is 0.300. The van der Waals surface area contributed by atoms with Crippen LogP contribution in [-0.2, 0) is 11.2 Å². The van der Waals surface area contributed by atoms with Crippen LogP contribution < -0.4 is 10.5 Å². The van der Waals surface area contributed by atoms with Crippen LogP contribution in [0.4, 0.5) is 0 Å². The highest BCUT2D eigenvalue weighted by Crippen LogP contribution is 2.33. The highest BCUT2D eigenvalue weighted by molar-refractivity contribution is 6.31. The van der Waals surface area contributed by atoms with Crippen LogP contribution in [0.1, 0.15) is 40.4 Å². The maximum absolute atomic E-state index is 12.6. The number of halogens is 1. The number of hydrogen-bond donors (Lipinski definition) is 1. The molecule has 1 aliphatic carbocycles. The maximum atomic E-state index is 12.6. The number of likely N-dealkylation sites (N-methyl/N-ethyl adjacent to an activating group) is 1. The van der Waals surface area contributed by atoms with Gasteiger partial charge in [0.05, 0.1) is 11.6 Å². The summed E-state index contributed by atoms with van der Waals surface area (Å²) >= 11 is 5.88. The summed E-state index contributed by atoms with van der Waals surface area (Å²) in [6, 6.07) is 12.8. The van der Waals surface area contributed by atoms with E-state index in [-0.39, 0.29) is 29.9 Å². The van der Waals surface area contributed by atoms with Gasteiger partial charge in [0, 0.05) is 12.1 Å². The van der Waals surface area contributed by atoms with Gasteiger partial charge in [0.15, 0.2) is 6.61 Å². The van der Waals surface area contributed by atoms with Crippen LogP contribution >= 0.6 is 11.6 Å². The van der Waals surface area contributed by atoms with E-state index in [9.17, 15) is 9.59 Å². The lowest BCUT2D eigenvalue weighted by molar-refractivity contribution is -0.134. The third-order valence-corrected chi connectivity index (χ3v) is 4.99. The molecule has 0 aliphatic heterocycles. The highest BCUT2D eigenvalue weighted by atomic mass is 35.5. The van der Waals surface area contributed by atoms with Gasteiger partial charge in [-0.3, -0.25) is 9.59 Å². The largest absolute Gasteiger partial charge is 0.483 e. The van der Waals surface area contributed by atoms with E-state index in [0.717, 1.165) is 19.3 Å². The Hall–Kier alpha value is -2.53. The highest BCUT2D eigenvalue weighted by Gasteiger charge is 2.26. The monoisotopic (exact) mass is 372 g/mol.